The summed E-state index contributed by atoms with van der Waals surface area (Å²) in [6.07, 6.45) is 2.91. The monoisotopic (exact) mass is 283 g/mol. The summed E-state index contributed by atoms with van der Waals surface area (Å²) in [4.78, 5) is 34.9. The van der Waals surface area contributed by atoms with Crippen molar-refractivity contribution in [3.63, 3.8) is 0 Å². The van der Waals surface area contributed by atoms with Crippen LogP contribution in [0.3, 0.4) is 0 Å². The maximum Gasteiger partial charge on any atom is 0.253 e. The Labute approximate surface area is 118 Å². The molecule has 0 aromatic carbocycles. The second kappa shape index (κ2) is 8.60. The lowest BCUT2D eigenvalue weighted by molar-refractivity contribution is -0.137. The Morgan fingerprint density at radius 2 is 1.60 bits per heavy atom. The molecule has 0 saturated heterocycles. The van der Waals surface area contributed by atoms with Gasteiger partial charge in [0.05, 0.1) is 33.0 Å². The molecule has 0 radical (unpaired) electrons. The molecule has 6 heteroatoms. The van der Waals surface area contributed by atoms with E-state index in [1.54, 1.807) is 0 Å². The summed E-state index contributed by atoms with van der Waals surface area (Å²) in [6, 6.07) is 0. The molecule has 0 atom stereocenters. The van der Waals surface area contributed by atoms with E-state index in [2.05, 4.69) is 0 Å². The first-order chi connectivity index (χ1) is 9.52. The fourth-order valence-electron chi connectivity index (χ4n) is 1.59. The van der Waals surface area contributed by atoms with Gasteiger partial charge in [0.1, 0.15) is 5.78 Å². The summed E-state index contributed by atoms with van der Waals surface area (Å²) in [7, 11) is 0. The predicted octanol–water partition coefficient (Wildman–Crippen LogP) is 0.560. The Hall–Kier alpha value is -1.53. The maximum absolute atomic E-state index is 11.3. The van der Waals surface area contributed by atoms with Crippen LogP contribution in [0, 0.1) is 5.92 Å². The molecule has 0 unspecified atom stereocenters. The fraction of sp³-hybridized carbons (Fsp3) is 0.643. The van der Waals surface area contributed by atoms with Crippen LogP contribution in [0.2, 0.25) is 0 Å². The summed E-state index contributed by atoms with van der Waals surface area (Å²) < 4.78 is 10.5. The summed E-state index contributed by atoms with van der Waals surface area (Å²) in [6.45, 7) is 5.42. The van der Waals surface area contributed by atoms with Crippen LogP contribution < -0.4 is 0 Å². The Kier molecular flexibility index (Phi) is 7.11. The lowest BCUT2D eigenvalue weighted by Gasteiger charge is -2.13. The average Bonchev–Trinajstić information content (AvgIpc) is 2.72. The van der Waals surface area contributed by atoms with Crippen LogP contribution in [0.25, 0.3) is 0 Å². The van der Waals surface area contributed by atoms with Crippen molar-refractivity contribution in [3.8, 4) is 0 Å². The van der Waals surface area contributed by atoms with Crippen molar-refractivity contribution in [2.75, 3.05) is 33.0 Å². The second-order valence-electron chi connectivity index (χ2n) is 4.76. The zero-order chi connectivity index (χ0) is 15.0. The number of ether oxygens (including phenoxy) is 2. The maximum atomic E-state index is 11.3. The van der Waals surface area contributed by atoms with E-state index in [1.165, 1.54) is 12.2 Å². The first kappa shape index (κ1) is 16.5. The lowest BCUT2D eigenvalue weighted by atomic mass is 10.1. The van der Waals surface area contributed by atoms with Gasteiger partial charge in [-0.2, -0.15) is 0 Å². The van der Waals surface area contributed by atoms with Crippen LogP contribution in [-0.4, -0.2) is 55.5 Å². The van der Waals surface area contributed by atoms with Crippen LogP contribution >= 0.6 is 0 Å². The number of Topliss-reactive ketones (excluding diaryl/α,β-unsaturated/α-hetero) is 1. The van der Waals surface area contributed by atoms with Crippen LogP contribution in [-0.2, 0) is 23.9 Å². The molecule has 1 aliphatic heterocycles. The molecule has 20 heavy (non-hydrogen) atoms. The highest BCUT2D eigenvalue weighted by Crippen LogP contribution is 2.02. The summed E-state index contributed by atoms with van der Waals surface area (Å²) in [5.74, 6) is -0.382. The van der Waals surface area contributed by atoms with E-state index in [4.69, 9.17) is 9.47 Å². The number of rotatable bonds is 10. The van der Waals surface area contributed by atoms with Crippen LogP contribution in [0.5, 0.6) is 0 Å². The summed E-state index contributed by atoms with van der Waals surface area (Å²) in [5.41, 5.74) is 0. The van der Waals surface area contributed by atoms with Gasteiger partial charge in [0, 0.05) is 24.5 Å². The van der Waals surface area contributed by atoms with Gasteiger partial charge in [0.15, 0.2) is 0 Å². The van der Waals surface area contributed by atoms with E-state index < -0.39 is 0 Å². The van der Waals surface area contributed by atoms with Crippen molar-refractivity contribution in [1.82, 2.24) is 4.90 Å². The number of carbonyl (C=O) groups excluding carboxylic acids is 3. The highest BCUT2D eigenvalue weighted by atomic mass is 16.5. The number of imide groups is 1. The van der Waals surface area contributed by atoms with Gasteiger partial charge in [-0.1, -0.05) is 13.8 Å². The van der Waals surface area contributed by atoms with Crippen molar-refractivity contribution in [2.45, 2.75) is 20.3 Å². The first-order valence-corrected chi connectivity index (χ1v) is 6.74. The first-order valence-electron chi connectivity index (χ1n) is 6.74. The van der Waals surface area contributed by atoms with E-state index in [0.29, 0.717) is 26.2 Å². The van der Waals surface area contributed by atoms with Crippen molar-refractivity contribution < 1.29 is 23.9 Å². The summed E-state index contributed by atoms with van der Waals surface area (Å²) >= 11 is 0. The van der Waals surface area contributed by atoms with E-state index in [0.717, 1.165) is 4.90 Å². The highest BCUT2D eigenvalue weighted by Gasteiger charge is 2.22. The van der Waals surface area contributed by atoms with Gasteiger partial charge < -0.3 is 9.47 Å². The quantitative estimate of drug-likeness (QED) is 0.433. The lowest BCUT2D eigenvalue weighted by Crippen LogP contribution is -2.33. The third-order valence-corrected chi connectivity index (χ3v) is 2.87. The molecule has 0 bridgehead atoms. The zero-order valence-electron chi connectivity index (χ0n) is 12.0. The van der Waals surface area contributed by atoms with Crippen LogP contribution in [0.15, 0.2) is 12.2 Å². The van der Waals surface area contributed by atoms with E-state index >= 15 is 0 Å². The third kappa shape index (κ3) is 5.63. The van der Waals surface area contributed by atoms with Gasteiger partial charge in [-0.05, 0) is 0 Å². The standard InChI is InChI=1S/C14H21NO5/c1-11(2)12(16)5-7-19-9-10-20-8-6-15-13(17)3-4-14(15)18/h3-4,11H,5-10H2,1-2H3. The number of hydrogen-bond donors (Lipinski definition) is 0. The summed E-state index contributed by atoms with van der Waals surface area (Å²) in [5, 5.41) is 0. The Bertz CT molecular complexity index is 371. The molecule has 0 fully saturated rings. The van der Waals surface area contributed by atoms with Gasteiger partial charge in [0.25, 0.3) is 11.8 Å². The molecule has 0 aliphatic carbocycles. The number of nitrogens with zero attached hydrogens (tertiary/aromatic N) is 1. The van der Waals surface area contributed by atoms with Crippen molar-refractivity contribution in [3.05, 3.63) is 12.2 Å². The fourth-order valence-corrected chi connectivity index (χ4v) is 1.59. The Balaban J connectivity index is 1.94. The zero-order valence-corrected chi connectivity index (χ0v) is 12.0. The van der Waals surface area contributed by atoms with E-state index in [-0.39, 0.29) is 36.7 Å². The topological polar surface area (TPSA) is 72.9 Å². The molecule has 0 spiro atoms. The molecule has 2 amide bonds. The third-order valence-electron chi connectivity index (χ3n) is 2.87. The smallest absolute Gasteiger partial charge is 0.253 e. The van der Waals surface area contributed by atoms with Gasteiger partial charge >= 0.3 is 0 Å². The number of carbonyl (C=O) groups is 3. The van der Waals surface area contributed by atoms with E-state index in [9.17, 15) is 14.4 Å². The highest BCUT2D eigenvalue weighted by molar-refractivity contribution is 6.12. The number of ketones is 1. The van der Waals surface area contributed by atoms with Crippen LogP contribution in [0.4, 0.5) is 0 Å². The normalized spacial score (nSPS) is 14.7. The minimum Gasteiger partial charge on any atom is -0.379 e. The molecular weight excluding hydrogens is 262 g/mol. The van der Waals surface area contributed by atoms with E-state index in [1.807, 2.05) is 13.8 Å². The molecule has 0 saturated carbocycles. The molecule has 0 N–H and O–H groups in total. The minimum absolute atomic E-state index is 0.0407. The molecule has 1 aliphatic rings. The van der Waals surface area contributed by atoms with Gasteiger partial charge in [-0.3, -0.25) is 19.3 Å². The molecule has 0 aromatic heterocycles. The van der Waals surface area contributed by atoms with Crippen molar-refractivity contribution >= 4 is 17.6 Å². The Morgan fingerprint density at radius 3 is 2.15 bits per heavy atom. The van der Waals surface area contributed by atoms with Crippen LogP contribution in [0.1, 0.15) is 20.3 Å². The number of amides is 2. The molecule has 0 aromatic rings. The molecule has 1 heterocycles. The SMILES string of the molecule is CC(C)C(=O)CCOCCOCCN1C(=O)C=CC1=O. The van der Waals surface area contributed by atoms with Gasteiger partial charge in [-0.25, -0.2) is 0 Å². The van der Waals surface area contributed by atoms with Crippen molar-refractivity contribution in [2.24, 2.45) is 5.92 Å². The molecule has 6 nitrogen and oxygen atoms in total. The molecule has 112 valence electrons. The number of hydrogen-bond acceptors (Lipinski definition) is 5. The minimum atomic E-state index is -0.304. The molecule has 1 rings (SSSR count). The predicted molar refractivity (Wildman–Crippen MR) is 72.0 cm³/mol. The van der Waals surface area contributed by atoms with Gasteiger partial charge in [0.2, 0.25) is 0 Å². The molecular formula is C14H21NO5. The Morgan fingerprint density at radius 1 is 1.05 bits per heavy atom. The van der Waals surface area contributed by atoms with Gasteiger partial charge in [-0.15, -0.1) is 0 Å². The second-order valence-corrected chi connectivity index (χ2v) is 4.76. The largest absolute Gasteiger partial charge is 0.379 e. The van der Waals surface area contributed by atoms with Crippen molar-refractivity contribution in [1.29, 1.82) is 0 Å². The average molecular weight is 283 g/mol.